The zero-order valence-electron chi connectivity index (χ0n) is 18.3. The summed E-state index contributed by atoms with van der Waals surface area (Å²) in [5.41, 5.74) is 5.48. The number of rotatable bonds is 9. The second kappa shape index (κ2) is 14.2. The number of nitrogens with two attached hydrogens (primary N) is 1. The molecule has 3 amide bonds. The Morgan fingerprint density at radius 1 is 1.30 bits per heavy atom. The molecule has 0 spiro atoms. The largest absolute Gasteiger partial charge is 0.460 e. The number of hydroxylamine groups is 2. The van der Waals surface area contributed by atoms with Crippen LogP contribution in [0, 0.1) is 0 Å². The van der Waals surface area contributed by atoms with Crippen molar-refractivity contribution >= 4 is 69.0 Å². The topological polar surface area (TPSA) is 213 Å². The van der Waals surface area contributed by atoms with Crippen LogP contribution in [0.2, 0.25) is 0 Å². The fourth-order valence-electron chi connectivity index (χ4n) is 1.70. The van der Waals surface area contributed by atoms with E-state index in [-0.39, 0.29) is 35.2 Å². The van der Waals surface area contributed by atoms with Gasteiger partial charge >= 0.3 is 16.5 Å². The fraction of sp³-hybridized carbons (Fsp3) is 0.533. The summed E-state index contributed by atoms with van der Waals surface area (Å²) in [5, 5.41) is -0.156. The van der Waals surface area contributed by atoms with Crippen molar-refractivity contribution in [3.8, 4) is 0 Å². The summed E-state index contributed by atoms with van der Waals surface area (Å²) in [7, 11) is -4.88. The second-order valence-corrected chi connectivity index (χ2v) is 10.9. The van der Waals surface area contributed by atoms with Gasteiger partial charge in [0.15, 0.2) is 0 Å². The third kappa shape index (κ3) is 10.6. The Morgan fingerprint density at radius 3 is 2.30 bits per heavy atom. The molecule has 0 saturated carbocycles. The van der Waals surface area contributed by atoms with Gasteiger partial charge in [-0.2, -0.15) is 11.8 Å². The molecular formula is C15H24N3O11PS3. The summed E-state index contributed by atoms with van der Waals surface area (Å²) < 4.78 is 55.9. The predicted molar refractivity (Wildman–Crippen MR) is 121 cm³/mol. The zero-order valence-corrected chi connectivity index (χ0v) is 20.9. The van der Waals surface area contributed by atoms with Gasteiger partial charge in [0.1, 0.15) is 12.4 Å². The standard InChI is InChI=1S/C8H17N2O5PS2.C7H7NO6S/c1-10-8(12)18(13,14)3-2-17-4-6(9)7(11)15-5-16;1-2-15(12,13)7(11)14-8-5(9)3-4-6(8)10/h6H,2-5,9,16H2,1H3,(H,10,12);2H,1,3-4H2/i5T;. The molecule has 33 heavy (non-hydrogen) atoms. The highest BCUT2D eigenvalue weighted by Gasteiger charge is 2.35. The van der Waals surface area contributed by atoms with E-state index in [0.717, 1.165) is 11.8 Å². The summed E-state index contributed by atoms with van der Waals surface area (Å²) in [6.45, 7) is 2.89. The molecule has 1 fully saturated rings. The zero-order chi connectivity index (χ0) is 26.7. The quantitative estimate of drug-likeness (QED) is 0.151. The number of amides is 3. The van der Waals surface area contributed by atoms with Crippen molar-refractivity contribution in [1.29, 1.82) is 0 Å². The van der Waals surface area contributed by atoms with Crippen LogP contribution in [0.15, 0.2) is 12.0 Å². The SMILES string of the molecule is C=CS(=O)(=O)C(=O)ON1C(=O)CCC1=O.[3H]C(P)OC(=O)C(N)CSCCS(=O)(=O)C(=O)NC. The van der Waals surface area contributed by atoms with Gasteiger partial charge in [-0.05, 0) is 0 Å². The lowest BCUT2D eigenvalue weighted by Gasteiger charge is -2.10. The van der Waals surface area contributed by atoms with E-state index in [4.69, 9.17) is 7.10 Å². The van der Waals surface area contributed by atoms with Crippen LogP contribution in [0.25, 0.3) is 0 Å². The number of esters is 1. The summed E-state index contributed by atoms with van der Waals surface area (Å²) in [6, 6.07) is -0.930. The first-order chi connectivity index (χ1) is 15.6. The molecule has 3 unspecified atom stereocenters. The number of sulfone groups is 2. The molecule has 0 bridgehead atoms. The molecule has 0 aromatic heterocycles. The molecule has 1 aliphatic rings. The maximum Gasteiger partial charge on any atom is 0.453 e. The van der Waals surface area contributed by atoms with Gasteiger partial charge in [0.25, 0.3) is 21.7 Å². The van der Waals surface area contributed by atoms with Crippen LogP contribution in [0.1, 0.15) is 14.2 Å². The number of ether oxygens (including phenoxy) is 1. The molecule has 0 aromatic carbocycles. The van der Waals surface area contributed by atoms with Gasteiger partial charge in [0.2, 0.25) is 9.84 Å². The molecule has 18 heteroatoms. The van der Waals surface area contributed by atoms with Crippen LogP contribution in [0.5, 0.6) is 0 Å². The number of nitrogens with one attached hydrogen (secondary N) is 1. The van der Waals surface area contributed by atoms with E-state index in [1.165, 1.54) is 7.05 Å². The Hall–Kier alpha value is -2.07. The van der Waals surface area contributed by atoms with Crippen LogP contribution in [-0.4, -0.2) is 86.9 Å². The van der Waals surface area contributed by atoms with Gasteiger partial charge in [0, 0.05) is 36.8 Å². The minimum Gasteiger partial charge on any atom is -0.460 e. The minimum atomic E-state index is -4.28. The fourth-order valence-corrected chi connectivity index (χ4v) is 4.55. The van der Waals surface area contributed by atoms with Crippen molar-refractivity contribution in [2.75, 3.05) is 30.6 Å². The number of nitrogens with zero attached hydrogens (tertiary/aromatic N) is 1. The number of hydrogen-bond acceptors (Lipinski definition) is 13. The molecular weight excluding hydrogens is 525 g/mol. The van der Waals surface area contributed by atoms with Gasteiger partial charge in [0.05, 0.1) is 7.12 Å². The molecule has 1 saturated heterocycles. The van der Waals surface area contributed by atoms with Crippen LogP contribution in [0.3, 0.4) is 0 Å². The highest BCUT2D eigenvalue weighted by atomic mass is 32.2. The average molecular weight is 552 g/mol. The molecule has 3 atom stereocenters. The molecule has 1 aliphatic heterocycles. The van der Waals surface area contributed by atoms with Crippen molar-refractivity contribution in [2.45, 2.75) is 18.9 Å². The third-order valence-corrected chi connectivity index (χ3v) is 7.36. The molecule has 14 nitrogen and oxygen atoms in total. The summed E-state index contributed by atoms with van der Waals surface area (Å²) in [6.07, 6.45) is -1.27. The number of imide groups is 1. The van der Waals surface area contributed by atoms with E-state index >= 15 is 0 Å². The molecule has 188 valence electrons. The van der Waals surface area contributed by atoms with Crippen molar-refractivity contribution in [2.24, 2.45) is 5.73 Å². The molecule has 1 rings (SSSR count). The van der Waals surface area contributed by atoms with Gasteiger partial charge in [-0.15, -0.1) is 5.06 Å². The normalized spacial score (nSPS) is 16.0. The van der Waals surface area contributed by atoms with E-state index in [2.05, 4.69) is 16.2 Å². The second-order valence-electron chi connectivity index (χ2n) is 5.75. The number of carbonyl (C=O) groups excluding carboxylic acids is 5. The highest BCUT2D eigenvalue weighted by molar-refractivity contribution is 8.08. The van der Waals surface area contributed by atoms with Crippen LogP contribution in [0.4, 0.5) is 9.59 Å². The van der Waals surface area contributed by atoms with Gasteiger partial charge < -0.3 is 20.6 Å². The minimum absolute atomic E-state index is 0.0970. The lowest BCUT2D eigenvalue weighted by molar-refractivity contribution is -0.169. The first-order valence-corrected chi connectivity index (χ1v) is 13.7. The molecule has 3 N–H and O–H groups in total. The van der Waals surface area contributed by atoms with E-state index in [1.54, 1.807) is 0 Å². The lowest BCUT2D eigenvalue weighted by atomic mass is 10.4. The molecule has 0 radical (unpaired) electrons. The Morgan fingerprint density at radius 2 is 1.85 bits per heavy atom. The van der Waals surface area contributed by atoms with E-state index in [9.17, 15) is 40.8 Å². The number of thioether (sulfide) groups is 1. The Kier molecular flexibility index (Phi) is 12.5. The maximum absolute atomic E-state index is 11.3. The van der Waals surface area contributed by atoms with Crippen molar-refractivity contribution < 1.29 is 51.8 Å². The van der Waals surface area contributed by atoms with E-state index < -0.39 is 60.4 Å². The Labute approximate surface area is 198 Å². The monoisotopic (exact) mass is 551 g/mol. The smallest absolute Gasteiger partial charge is 0.453 e. The van der Waals surface area contributed by atoms with E-state index in [0.29, 0.717) is 5.41 Å². The first-order valence-electron chi connectivity index (χ1n) is 9.28. The van der Waals surface area contributed by atoms with E-state index in [1.807, 2.05) is 14.6 Å². The highest BCUT2D eigenvalue weighted by Crippen LogP contribution is 2.14. The van der Waals surface area contributed by atoms with Crippen molar-refractivity contribution in [3.63, 3.8) is 0 Å². The average Bonchev–Trinajstić information content (AvgIpc) is 3.07. The van der Waals surface area contributed by atoms with Crippen molar-refractivity contribution in [3.05, 3.63) is 12.0 Å². The van der Waals surface area contributed by atoms with Gasteiger partial charge in [-0.1, -0.05) is 15.8 Å². The predicted octanol–water partition coefficient (Wildman–Crippen LogP) is -1.08. The number of hydrogen-bond donors (Lipinski definition) is 2. The number of carbonyl (C=O) groups is 5. The molecule has 1 heterocycles. The molecule has 0 aromatic rings. The summed E-state index contributed by atoms with van der Waals surface area (Å²) in [5.74, 6) is -2.25. The van der Waals surface area contributed by atoms with Crippen LogP contribution >= 0.6 is 21.0 Å². The summed E-state index contributed by atoms with van der Waals surface area (Å²) >= 11 is 1.12. The molecule has 0 aliphatic carbocycles. The van der Waals surface area contributed by atoms with Gasteiger partial charge in [-0.3, -0.25) is 19.2 Å². The van der Waals surface area contributed by atoms with Gasteiger partial charge in [-0.25, -0.2) is 21.6 Å². The maximum atomic E-state index is 11.3. The lowest BCUT2D eigenvalue weighted by Crippen LogP contribution is -2.35. The summed E-state index contributed by atoms with van der Waals surface area (Å²) in [4.78, 5) is 59.1. The Bertz CT molecular complexity index is 1000. The third-order valence-electron chi connectivity index (χ3n) is 3.39. The Balaban J connectivity index is 0.000000657. The van der Waals surface area contributed by atoms with Crippen LogP contribution in [-0.2, 0) is 43.6 Å². The van der Waals surface area contributed by atoms with Crippen molar-refractivity contribution in [1.82, 2.24) is 10.4 Å². The van der Waals surface area contributed by atoms with Crippen LogP contribution < -0.4 is 11.1 Å². The first kappa shape index (κ1) is 29.0.